The zero-order valence-corrected chi connectivity index (χ0v) is 24.5. The lowest BCUT2D eigenvalue weighted by Gasteiger charge is -2.09. The van der Waals surface area contributed by atoms with E-state index < -0.39 is 0 Å². The van der Waals surface area contributed by atoms with Crippen LogP contribution in [0, 0.1) is 11.3 Å². The molecular formula is C32H41N3O8. The number of rotatable bonds is 0. The average molecular weight is 596 g/mol. The highest BCUT2D eigenvalue weighted by Gasteiger charge is 1.99. The molecule has 0 saturated carbocycles. The quantitative estimate of drug-likeness (QED) is 0.440. The summed E-state index contributed by atoms with van der Waals surface area (Å²) in [4.78, 5) is 4.38. The minimum atomic E-state index is 0.374. The number of hydrogen-bond donors (Lipinski definition) is 1. The normalized spacial score (nSPS) is 18.3. The number of nitrogens with zero attached hydrogens (tertiary/aromatic N) is 2. The number of benzene rings is 2. The Hall–Kier alpha value is -3.76. The monoisotopic (exact) mass is 595 g/mol. The van der Waals surface area contributed by atoms with Gasteiger partial charge in [-0.25, -0.2) is 0 Å². The Morgan fingerprint density at radius 3 is 1.49 bits per heavy atom. The van der Waals surface area contributed by atoms with Gasteiger partial charge in [0.1, 0.15) is 30.8 Å². The smallest absolute Gasteiger partial charge is 0.119 e. The summed E-state index contributed by atoms with van der Waals surface area (Å²) >= 11 is 0. The van der Waals surface area contributed by atoms with Gasteiger partial charge in [0.05, 0.1) is 90.5 Å². The van der Waals surface area contributed by atoms with E-state index in [0.717, 1.165) is 11.4 Å². The predicted octanol–water partition coefficient (Wildman–Crippen LogP) is 4.34. The Labute approximate surface area is 253 Å². The average Bonchev–Trinajstić information content (AvgIpc) is 3.04. The summed E-state index contributed by atoms with van der Waals surface area (Å²) in [7, 11) is 0. The number of aliphatic imine (C=N–C) groups is 1. The van der Waals surface area contributed by atoms with E-state index in [1.807, 2.05) is 60.7 Å². The van der Waals surface area contributed by atoms with Crippen LogP contribution in [0.15, 0.2) is 77.4 Å². The van der Waals surface area contributed by atoms with Crippen LogP contribution in [0.1, 0.15) is 0 Å². The number of nitriles is 1. The molecule has 3 aliphatic heterocycles. The van der Waals surface area contributed by atoms with Crippen molar-refractivity contribution in [2.45, 2.75) is 0 Å². The van der Waals surface area contributed by atoms with Gasteiger partial charge < -0.3 is 43.2 Å². The molecule has 0 spiro atoms. The molecule has 4 bridgehead atoms. The minimum absolute atomic E-state index is 0.374. The maximum Gasteiger partial charge on any atom is 0.119 e. The molecule has 11 heteroatoms. The Kier molecular flexibility index (Phi) is 17.9. The van der Waals surface area contributed by atoms with Gasteiger partial charge in [-0.1, -0.05) is 12.2 Å². The molecule has 2 aromatic carbocycles. The third-order valence-corrected chi connectivity index (χ3v) is 5.64. The molecule has 232 valence electrons. The highest BCUT2D eigenvalue weighted by Crippen LogP contribution is 2.19. The van der Waals surface area contributed by atoms with Gasteiger partial charge >= 0.3 is 0 Å². The molecular weight excluding hydrogens is 554 g/mol. The third kappa shape index (κ3) is 16.5. The zero-order valence-electron chi connectivity index (χ0n) is 24.5. The number of ether oxygens (including phenoxy) is 8. The van der Waals surface area contributed by atoms with Gasteiger partial charge in [-0.3, -0.25) is 4.99 Å². The Bertz CT molecular complexity index is 1130. The van der Waals surface area contributed by atoms with Crippen molar-refractivity contribution in [3.05, 3.63) is 72.5 Å². The van der Waals surface area contributed by atoms with Crippen molar-refractivity contribution in [1.29, 1.82) is 5.26 Å². The van der Waals surface area contributed by atoms with Crippen molar-refractivity contribution in [3.63, 3.8) is 0 Å². The van der Waals surface area contributed by atoms with E-state index in [0.29, 0.717) is 110 Å². The molecule has 3 heterocycles. The van der Waals surface area contributed by atoms with Crippen molar-refractivity contribution >= 4 is 17.6 Å². The number of hydrogen-bond acceptors (Lipinski definition) is 11. The van der Waals surface area contributed by atoms with Gasteiger partial charge in [-0.15, -0.1) is 0 Å². The molecule has 11 nitrogen and oxygen atoms in total. The van der Waals surface area contributed by atoms with E-state index in [1.165, 1.54) is 6.21 Å². The first-order chi connectivity index (χ1) is 21.3. The van der Waals surface area contributed by atoms with E-state index in [-0.39, 0.29) is 0 Å². The van der Waals surface area contributed by atoms with Crippen LogP contribution in [0.4, 0.5) is 11.4 Å². The van der Waals surface area contributed by atoms with E-state index in [4.69, 9.17) is 37.9 Å². The van der Waals surface area contributed by atoms with Crippen LogP contribution in [-0.2, 0) is 28.4 Å². The highest BCUT2D eigenvalue weighted by atomic mass is 16.6. The molecule has 5 rings (SSSR count). The summed E-state index contributed by atoms with van der Waals surface area (Å²) in [5, 5.41) is 12.6. The molecule has 0 aliphatic carbocycles. The summed E-state index contributed by atoms with van der Waals surface area (Å²) < 4.78 is 44.5. The maximum absolute atomic E-state index is 9.48. The van der Waals surface area contributed by atoms with Gasteiger partial charge in [0.25, 0.3) is 0 Å². The summed E-state index contributed by atoms with van der Waals surface area (Å²) in [6.07, 6.45) is 6.95. The van der Waals surface area contributed by atoms with E-state index in [9.17, 15) is 5.26 Å². The van der Waals surface area contributed by atoms with Crippen molar-refractivity contribution in [3.8, 4) is 17.6 Å². The van der Waals surface area contributed by atoms with Crippen LogP contribution >= 0.6 is 0 Å². The summed E-state index contributed by atoms with van der Waals surface area (Å²) in [6.45, 7) is 6.73. The lowest BCUT2D eigenvalue weighted by atomic mass is 10.3. The molecule has 0 unspecified atom stereocenters. The molecule has 1 N–H and O–H groups in total. The fraction of sp³-hybridized carbons (Fsp3) is 0.438. The maximum atomic E-state index is 9.48. The molecule has 0 amide bonds. The Balaban J connectivity index is 1.44. The Morgan fingerprint density at radius 1 is 0.558 bits per heavy atom. The van der Waals surface area contributed by atoms with Gasteiger partial charge in [-0.2, -0.15) is 5.26 Å². The second kappa shape index (κ2) is 22.8. The SMILES string of the molecule is N#CC1=CNc2ccc(cc2)OCCOCCOCCOCC=CCOCCOCCOCCOc2ccc(cc2)N=C1. The largest absolute Gasteiger partial charge is 0.491 e. The van der Waals surface area contributed by atoms with E-state index >= 15 is 0 Å². The second-order valence-electron chi connectivity index (χ2n) is 8.90. The first-order valence-electron chi connectivity index (χ1n) is 14.3. The number of allylic oxidation sites excluding steroid dienone is 1. The standard InChI is InChI=1S/C32H41N3O8/c33-25-28-26-34-29-3-7-31(8-4-29)42-23-21-40-19-17-38-15-13-36-11-1-2-12-37-14-16-39-18-20-41-22-24-43-32-9-5-30(6-10-32)35-27-28/h1-10,26-27,34H,11-24H2. The first kappa shape index (κ1) is 33.7. The second-order valence-corrected chi connectivity index (χ2v) is 8.90. The zero-order chi connectivity index (χ0) is 30.0. The fourth-order valence-electron chi connectivity index (χ4n) is 3.43. The Morgan fingerprint density at radius 2 is 1.00 bits per heavy atom. The van der Waals surface area contributed by atoms with E-state index in [2.05, 4.69) is 16.4 Å². The lowest BCUT2D eigenvalue weighted by Crippen LogP contribution is -2.13. The van der Waals surface area contributed by atoms with Crippen molar-refractivity contribution in [2.75, 3.05) is 97.8 Å². The van der Waals surface area contributed by atoms with Crippen molar-refractivity contribution in [2.24, 2.45) is 4.99 Å². The van der Waals surface area contributed by atoms with Crippen LogP contribution in [0.25, 0.3) is 0 Å². The third-order valence-electron chi connectivity index (χ3n) is 5.64. The van der Waals surface area contributed by atoms with Crippen molar-refractivity contribution in [1.82, 2.24) is 0 Å². The summed E-state index contributed by atoms with van der Waals surface area (Å²) in [5.74, 6) is 1.43. The van der Waals surface area contributed by atoms with Gasteiger partial charge in [0.15, 0.2) is 0 Å². The summed E-state index contributed by atoms with van der Waals surface area (Å²) in [5.41, 5.74) is 1.89. The predicted molar refractivity (Wildman–Crippen MR) is 163 cm³/mol. The lowest BCUT2D eigenvalue weighted by molar-refractivity contribution is 0.0123. The molecule has 0 atom stereocenters. The number of anilines is 1. The first-order valence-corrected chi connectivity index (χ1v) is 14.3. The van der Waals surface area contributed by atoms with Crippen LogP contribution < -0.4 is 14.8 Å². The topological polar surface area (TPSA) is 122 Å². The van der Waals surface area contributed by atoms with Gasteiger partial charge in [0.2, 0.25) is 0 Å². The van der Waals surface area contributed by atoms with Crippen LogP contribution in [0.3, 0.4) is 0 Å². The molecule has 0 saturated heterocycles. The van der Waals surface area contributed by atoms with Gasteiger partial charge in [-0.05, 0) is 48.5 Å². The minimum Gasteiger partial charge on any atom is -0.491 e. The molecule has 3 aliphatic rings. The molecule has 0 fully saturated rings. The molecule has 0 aromatic heterocycles. The molecule has 43 heavy (non-hydrogen) atoms. The van der Waals surface area contributed by atoms with Crippen molar-refractivity contribution < 1.29 is 37.9 Å². The highest BCUT2D eigenvalue weighted by molar-refractivity contribution is 5.86. The number of nitrogens with one attached hydrogen (secondary N) is 1. The van der Waals surface area contributed by atoms with Crippen LogP contribution in [-0.4, -0.2) is 98.7 Å². The molecule has 2 aromatic rings. The van der Waals surface area contributed by atoms with Crippen LogP contribution in [0.5, 0.6) is 11.5 Å². The summed E-state index contributed by atoms with van der Waals surface area (Å²) in [6, 6.07) is 16.9. The van der Waals surface area contributed by atoms with Gasteiger partial charge in [0, 0.05) is 18.1 Å². The molecule has 0 radical (unpaired) electrons. The van der Waals surface area contributed by atoms with Crippen LogP contribution in [0.2, 0.25) is 0 Å². The van der Waals surface area contributed by atoms with E-state index in [1.54, 1.807) is 6.20 Å². The fourth-order valence-corrected chi connectivity index (χ4v) is 3.43. The number of fused-ring (bicyclic) bond motifs is 2.